The molecule has 0 spiro atoms. The molecule has 1 saturated heterocycles. The van der Waals surface area contributed by atoms with Crippen molar-refractivity contribution in [3.8, 4) is 5.75 Å². The molecule has 0 saturated carbocycles. The molecule has 0 radical (unpaired) electrons. The third kappa shape index (κ3) is 4.35. The minimum Gasteiger partial charge on any atom is -0.490 e. The highest BCUT2D eigenvalue weighted by Crippen LogP contribution is 2.25. The quantitative estimate of drug-likeness (QED) is 0.872. The molecule has 1 atom stereocenters. The van der Waals surface area contributed by atoms with E-state index in [1.54, 1.807) is 0 Å². The van der Waals surface area contributed by atoms with E-state index in [1.165, 1.54) is 0 Å². The van der Waals surface area contributed by atoms with Crippen LogP contribution in [0.4, 0.5) is 0 Å². The van der Waals surface area contributed by atoms with Crippen molar-refractivity contribution in [2.75, 3.05) is 31.7 Å². The van der Waals surface area contributed by atoms with Crippen LogP contribution in [0.25, 0.3) is 10.8 Å². The van der Waals surface area contributed by atoms with Gasteiger partial charge in [0.05, 0.1) is 0 Å². The summed E-state index contributed by atoms with van der Waals surface area (Å²) in [6, 6.07) is 14.5. The Hall–Kier alpha value is -1.43. The highest BCUT2D eigenvalue weighted by atomic mass is 32.2. The molecule has 0 amide bonds. The number of hydrogen-bond donors (Lipinski definition) is 1. The molecule has 2 aromatic carbocycles. The van der Waals surface area contributed by atoms with Crippen LogP contribution >= 0.6 is 0 Å². The van der Waals surface area contributed by atoms with Gasteiger partial charge in [0.25, 0.3) is 0 Å². The molecule has 24 heavy (non-hydrogen) atoms. The lowest BCUT2D eigenvalue weighted by Crippen LogP contribution is -2.42. The maximum absolute atomic E-state index is 11.4. The maximum atomic E-state index is 11.4. The van der Waals surface area contributed by atoms with Gasteiger partial charge in [0.2, 0.25) is 0 Å². The van der Waals surface area contributed by atoms with E-state index in [-0.39, 0.29) is 6.61 Å². The summed E-state index contributed by atoms with van der Waals surface area (Å²) in [5, 5.41) is 12.5. The maximum Gasteiger partial charge on any atom is 0.127 e. The van der Waals surface area contributed by atoms with Crippen LogP contribution in [0.3, 0.4) is 0 Å². The molecule has 0 aliphatic carbocycles. The monoisotopic (exact) mass is 347 g/mol. The van der Waals surface area contributed by atoms with Gasteiger partial charge < -0.3 is 14.7 Å². The van der Waals surface area contributed by atoms with Gasteiger partial charge in [-0.05, 0) is 31.3 Å². The molecule has 2 aromatic rings. The van der Waals surface area contributed by atoms with Crippen molar-refractivity contribution in [3.63, 3.8) is 0 Å². The van der Waals surface area contributed by atoms with Crippen molar-refractivity contribution in [3.05, 3.63) is 42.5 Å². The Kier molecular flexibility index (Phi) is 5.87. The van der Waals surface area contributed by atoms with Gasteiger partial charge in [-0.3, -0.25) is 4.21 Å². The number of fused-ring (bicyclic) bond motifs is 1. The van der Waals surface area contributed by atoms with Gasteiger partial charge in [-0.15, -0.1) is 0 Å². The third-order valence-electron chi connectivity index (χ3n) is 4.66. The molecular weight excluding hydrogens is 322 g/mol. The average Bonchev–Trinajstić information content (AvgIpc) is 2.60. The van der Waals surface area contributed by atoms with Crippen LogP contribution in [-0.2, 0) is 10.8 Å². The van der Waals surface area contributed by atoms with E-state index in [9.17, 15) is 9.32 Å². The third-order valence-corrected chi connectivity index (χ3v) is 6.04. The number of nitrogens with zero attached hydrogens (tertiary/aromatic N) is 1. The fraction of sp³-hybridized carbons (Fsp3) is 0.474. The number of benzene rings is 2. The summed E-state index contributed by atoms with van der Waals surface area (Å²) in [6.07, 6.45) is 1.35. The van der Waals surface area contributed by atoms with Crippen LogP contribution in [0.2, 0.25) is 0 Å². The van der Waals surface area contributed by atoms with Crippen molar-refractivity contribution < 1.29 is 14.1 Å². The number of aliphatic hydroxyl groups excluding tert-OH is 1. The molecule has 3 rings (SSSR count). The van der Waals surface area contributed by atoms with Gasteiger partial charge in [-0.1, -0.05) is 36.4 Å². The fourth-order valence-electron chi connectivity index (χ4n) is 3.26. The minimum atomic E-state index is -0.646. The van der Waals surface area contributed by atoms with Crippen LogP contribution in [0.1, 0.15) is 12.8 Å². The van der Waals surface area contributed by atoms with E-state index in [1.807, 2.05) is 37.4 Å². The SMILES string of the molecule is CN(CC(O)COc1cccc2ccccc12)C1CCS(=O)CC1. The lowest BCUT2D eigenvalue weighted by Gasteiger charge is -2.32. The van der Waals surface area contributed by atoms with E-state index in [4.69, 9.17) is 4.74 Å². The standard InChI is InChI=1S/C19H25NO3S/c1-20(16-9-11-24(22)12-10-16)13-17(21)14-23-19-8-4-6-15-5-2-3-7-18(15)19/h2-8,16-17,21H,9-14H2,1H3. The van der Waals surface area contributed by atoms with E-state index in [2.05, 4.69) is 17.0 Å². The first kappa shape index (κ1) is 17.4. The predicted molar refractivity (Wildman–Crippen MR) is 99.0 cm³/mol. The average molecular weight is 347 g/mol. The lowest BCUT2D eigenvalue weighted by atomic mass is 10.1. The highest BCUT2D eigenvalue weighted by Gasteiger charge is 2.23. The molecule has 1 N–H and O–H groups in total. The van der Waals surface area contributed by atoms with Crippen molar-refractivity contribution in [1.82, 2.24) is 4.90 Å². The van der Waals surface area contributed by atoms with Crippen molar-refractivity contribution in [2.45, 2.75) is 25.0 Å². The summed E-state index contributed by atoms with van der Waals surface area (Å²) in [4.78, 5) is 2.17. The van der Waals surface area contributed by atoms with Crippen molar-refractivity contribution >= 4 is 21.6 Å². The predicted octanol–water partition coefficient (Wildman–Crippen LogP) is 2.42. The van der Waals surface area contributed by atoms with Gasteiger partial charge in [-0.2, -0.15) is 0 Å². The Balaban J connectivity index is 1.53. The van der Waals surface area contributed by atoms with E-state index >= 15 is 0 Å². The zero-order chi connectivity index (χ0) is 16.9. The first-order chi connectivity index (χ1) is 11.6. The van der Waals surface area contributed by atoms with Crippen LogP contribution in [-0.4, -0.2) is 58.1 Å². The van der Waals surface area contributed by atoms with Crippen LogP contribution < -0.4 is 4.74 Å². The molecule has 1 fully saturated rings. The van der Waals surface area contributed by atoms with E-state index in [0.29, 0.717) is 12.6 Å². The smallest absolute Gasteiger partial charge is 0.127 e. The van der Waals surface area contributed by atoms with Crippen LogP contribution in [0.5, 0.6) is 5.75 Å². The van der Waals surface area contributed by atoms with Gasteiger partial charge >= 0.3 is 0 Å². The Morgan fingerprint density at radius 3 is 2.71 bits per heavy atom. The second-order valence-electron chi connectivity index (χ2n) is 6.46. The molecular formula is C19H25NO3S. The summed E-state index contributed by atoms with van der Waals surface area (Å²) < 4.78 is 17.3. The Labute approximate surface area is 145 Å². The van der Waals surface area contributed by atoms with Gasteiger partial charge in [-0.25, -0.2) is 0 Å². The van der Waals surface area contributed by atoms with Gasteiger partial charge in [0.1, 0.15) is 18.5 Å². The highest BCUT2D eigenvalue weighted by molar-refractivity contribution is 7.85. The normalized spacial score (nSPS) is 22.6. The van der Waals surface area contributed by atoms with Gasteiger partial charge in [0, 0.05) is 40.3 Å². The number of hydrogen-bond acceptors (Lipinski definition) is 4. The Morgan fingerprint density at radius 2 is 1.92 bits per heavy atom. The summed E-state index contributed by atoms with van der Waals surface area (Å²) in [6.45, 7) is 0.846. The van der Waals surface area contributed by atoms with Crippen LogP contribution in [0, 0.1) is 0 Å². The fourth-order valence-corrected chi connectivity index (χ4v) is 4.54. The first-order valence-corrected chi connectivity index (χ1v) is 9.96. The number of ether oxygens (including phenoxy) is 1. The van der Waals surface area contributed by atoms with E-state index in [0.717, 1.165) is 40.9 Å². The topological polar surface area (TPSA) is 49.8 Å². The first-order valence-electron chi connectivity index (χ1n) is 8.47. The summed E-state index contributed by atoms with van der Waals surface area (Å²) in [5.41, 5.74) is 0. The summed E-state index contributed by atoms with van der Waals surface area (Å²) in [5.74, 6) is 2.36. The number of rotatable bonds is 6. The van der Waals surface area contributed by atoms with Crippen molar-refractivity contribution in [1.29, 1.82) is 0 Å². The number of likely N-dealkylation sites (N-methyl/N-ethyl adjacent to an activating group) is 1. The molecule has 4 nitrogen and oxygen atoms in total. The zero-order valence-corrected chi connectivity index (χ0v) is 14.9. The molecule has 5 heteroatoms. The second kappa shape index (κ2) is 8.10. The molecule has 0 bridgehead atoms. The largest absolute Gasteiger partial charge is 0.490 e. The number of aliphatic hydroxyl groups is 1. The Morgan fingerprint density at radius 1 is 1.21 bits per heavy atom. The summed E-state index contributed by atoms with van der Waals surface area (Å²) >= 11 is 0. The lowest BCUT2D eigenvalue weighted by molar-refractivity contribution is 0.0619. The molecule has 0 aromatic heterocycles. The molecule has 130 valence electrons. The minimum absolute atomic E-state index is 0.275. The van der Waals surface area contributed by atoms with E-state index < -0.39 is 16.9 Å². The Bertz CT molecular complexity index is 691. The van der Waals surface area contributed by atoms with Crippen LogP contribution in [0.15, 0.2) is 42.5 Å². The molecule has 1 aliphatic heterocycles. The molecule has 1 aliphatic rings. The second-order valence-corrected chi connectivity index (χ2v) is 8.16. The zero-order valence-electron chi connectivity index (χ0n) is 14.1. The molecule has 1 unspecified atom stereocenters. The van der Waals surface area contributed by atoms with Gasteiger partial charge in [0.15, 0.2) is 0 Å². The van der Waals surface area contributed by atoms with Crippen molar-refractivity contribution in [2.24, 2.45) is 0 Å². The molecule has 1 heterocycles. The summed E-state index contributed by atoms with van der Waals surface area (Å²) in [7, 11) is 1.38.